The van der Waals surface area contributed by atoms with E-state index in [-0.39, 0.29) is 25.7 Å². The summed E-state index contributed by atoms with van der Waals surface area (Å²) in [6.07, 6.45) is 82.5. The number of allylic oxidation sites excluding steroid dienone is 16. The zero-order chi connectivity index (χ0) is 76.0. The van der Waals surface area contributed by atoms with E-state index >= 15 is 0 Å². The molecule has 19 heteroatoms. The number of phosphoric acid groups is 2. The summed E-state index contributed by atoms with van der Waals surface area (Å²) in [7, 11) is -9.98. The van der Waals surface area contributed by atoms with Crippen LogP contribution >= 0.6 is 15.6 Å². The topological polar surface area (TPSA) is 237 Å². The molecule has 602 valence electrons. The predicted octanol–water partition coefficient (Wildman–Crippen LogP) is 24.3. The molecule has 104 heavy (non-hydrogen) atoms. The smallest absolute Gasteiger partial charge is 0.462 e. The van der Waals surface area contributed by atoms with E-state index in [9.17, 15) is 43.2 Å². The normalized spacial score (nSPS) is 14.3. The van der Waals surface area contributed by atoms with Gasteiger partial charge >= 0.3 is 39.5 Å². The standard InChI is InChI=1S/C85H150O17P2/c1-5-9-13-17-21-25-29-33-36-39-42-46-49-53-57-61-65-69-82(87)95-75-80(101-84(89)71-67-63-59-55-51-45-32-28-24-20-16-12-8-4)77-99-103(91,92)97-73-79(86)74-98-104(93,94)100-78-81(102-85(90)72-68-64-60-56-52-48-44-41-38-35-31-27-23-19-15-11-7-3)76-96-83(88)70-66-62-58-54-50-47-43-40-37-34-30-26-22-18-14-10-6-2/h22-23,26-27,34-35,37-38,43-44,47-48,54,56,58,60,79-81,86H,5-21,24-25,28-33,36,39-42,45-46,49-53,55,57,59,61-78H2,1-4H3,(H,91,92)(H,93,94)/b26-22-,27-23-,37-34-,38-35-,47-43-,48-44-,58-54-,60-56-/t79-,80+,81+/m0/s1. The summed E-state index contributed by atoms with van der Waals surface area (Å²) >= 11 is 0. The van der Waals surface area contributed by atoms with E-state index in [1.54, 1.807) is 0 Å². The van der Waals surface area contributed by atoms with Crippen molar-refractivity contribution in [1.82, 2.24) is 0 Å². The first-order chi connectivity index (χ1) is 50.7. The molecule has 0 aliphatic rings. The third-order valence-corrected chi connectivity index (χ3v) is 19.5. The summed E-state index contributed by atoms with van der Waals surface area (Å²) in [5.74, 6) is -2.28. The SMILES string of the molecule is CCCCC/C=C\C/C=C\C/C=C\C/C=C\CCCC(=O)OC[C@H](COP(=O)(O)OC[C@@H](O)COP(=O)(O)OC[C@@H](COC(=O)CCCCCCCCCCCCCCCCCCC)OC(=O)CCCCCCCCCCCCCCC)OC(=O)CCC/C=C\C/C=C\C/C=C\C/C=C\CCCCC. The van der Waals surface area contributed by atoms with E-state index in [1.807, 2.05) is 24.3 Å². The van der Waals surface area contributed by atoms with Gasteiger partial charge in [-0.05, 0) is 103 Å². The van der Waals surface area contributed by atoms with E-state index in [1.165, 1.54) is 173 Å². The molecular formula is C85H150O17P2. The first kappa shape index (κ1) is 100.0. The molecule has 0 saturated heterocycles. The largest absolute Gasteiger partial charge is 0.472 e. The van der Waals surface area contributed by atoms with Gasteiger partial charge in [-0.2, -0.15) is 0 Å². The second-order valence-electron chi connectivity index (χ2n) is 27.7. The van der Waals surface area contributed by atoms with Crippen LogP contribution in [0.1, 0.15) is 362 Å². The Bertz CT molecular complexity index is 2350. The third-order valence-electron chi connectivity index (χ3n) is 17.6. The van der Waals surface area contributed by atoms with Crippen LogP contribution in [-0.2, 0) is 65.4 Å². The Morgan fingerprint density at radius 1 is 0.269 bits per heavy atom. The van der Waals surface area contributed by atoms with Gasteiger partial charge in [0.25, 0.3) is 0 Å². The number of hydrogen-bond donors (Lipinski definition) is 3. The van der Waals surface area contributed by atoms with E-state index < -0.39 is 97.5 Å². The van der Waals surface area contributed by atoms with Gasteiger partial charge in [0, 0.05) is 25.7 Å². The minimum absolute atomic E-state index is 0.00783. The molecule has 0 rings (SSSR count). The van der Waals surface area contributed by atoms with Gasteiger partial charge in [0.1, 0.15) is 19.3 Å². The van der Waals surface area contributed by atoms with Crippen molar-refractivity contribution < 1.29 is 80.2 Å². The number of ether oxygens (including phenoxy) is 4. The zero-order valence-corrected chi connectivity index (χ0v) is 67.7. The maximum absolute atomic E-state index is 13.1. The van der Waals surface area contributed by atoms with Gasteiger partial charge in [0.05, 0.1) is 26.4 Å². The van der Waals surface area contributed by atoms with Crippen LogP contribution in [0, 0.1) is 0 Å². The van der Waals surface area contributed by atoms with E-state index in [2.05, 4.69) is 101 Å². The molecule has 0 radical (unpaired) electrons. The number of esters is 4. The number of rotatable bonds is 78. The van der Waals surface area contributed by atoms with Gasteiger partial charge in [-0.15, -0.1) is 0 Å². The fourth-order valence-electron chi connectivity index (χ4n) is 11.2. The number of hydrogen-bond acceptors (Lipinski definition) is 15. The average Bonchev–Trinajstić information content (AvgIpc) is 0.910. The van der Waals surface area contributed by atoms with Gasteiger partial charge in [-0.1, -0.05) is 330 Å². The molecule has 3 N–H and O–H groups in total. The molecule has 0 amide bonds. The number of aliphatic hydroxyl groups excluding tert-OH is 1. The van der Waals surface area contributed by atoms with Crippen LogP contribution in [0.25, 0.3) is 0 Å². The highest BCUT2D eigenvalue weighted by Gasteiger charge is 2.30. The van der Waals surface area contributed by atoms with Crippen LogP contribution < -0.4 is 0 Å². The van der Waals surface area contributed by atoms with Crippen LogP contribution in [0.4, 0.5) is 0 Å². The van der Waals surface area contributed by atoms with Crippen molar-refractivity contribution in [2.45, 2.75) is 380 Å². The summed E-state index contributed by atoms with van der Waals surface area (Å²) in [4.78, 5) is 73.0. The average molecular weight is 1510 g/mol. The summed E-state index contributed by atoms with van der Waals surface area (Å²) in [5.41, 5.74) is 0. The minimum Gasteiger partial charge on any atom is -0.462 e. The minimum atomic E-state index is -5.00. The number of unbranched alkanes of at least 4 members (excludes halogenated alkanes) is 36. The quantitative estimate of drug-likeness (QED) is 0.0169. The highest BCUT2D eigenvalue weighted by molar-refractivity contribution is 7.47. The van der Waals surface area contributed by atoms with Gasteiger partial charge in [-0.25, -0.2) is 9.13 Å². The lowest BCUT2D eigenvalue weighted by molar-refractivity contribution is -0.161. The Kier molecular flexibility index (Phi) is 74.2. The molecular weight excluding hydrogens is 1350 g/mol. The summed E-state index contributed by atoms with van der Waals surface area (Å²) in [6.45, 7) is 4.76. The maximum atomic E-state index is 13.1. The molecule has 0 aromatic carbocycles. The highest BCUT2D eigenvalue weighted by atomic mass is 31.2. The molecule has 0 bridgehead atoms. The number of phosphoric ester groups is 2. The monoisotopic (exact) mass is 1510 g/mol. The molecule has 0 aliphatic heterocycles. The van der Waals surface area contributed by atoms with Crippen molar-refractivity contribution in [3.8, 4) is 0 Å². The predicted molar refractivity (Wildman–Crippen MR) is 427 cm³/mol. The lowest BCUT2D eigenvalue weighted by atomic mass is 10.0. The van der Waals surface area contributed by atoms with Crippen LogP contribution in [-0.4, -0.2) is 96.7 Å². The molecule has 2 unspecified atom stereocenters. The van der Waals surface area contributed by atoms with Crippen LogP contribution in [0.3, 0.4) is 0 Å². The summed E-state index contributed by atoms with van der Waals surface area (Å²) in [6, 6.07) is 0. The Hall–Kier alpha value is -4.02. The van der Waals surface area contributed by atoms with Gasteiger partial charge in [0.2, 0.25) is 0 Å². The summed E-state index contributed by atoms with van der Waals surface area (Å²) in [5, 5.41) is 10.6. The molecule has 0 saturated carbocycles. The Morgan fingerprint density at radius 3 is 0.769 bits per heavy atom. The molecule has 0 aromatic rings. The van der Waals surface area contributed by atoms with E-state index in [4.69, 9.17) is 37.0 Å². The molecule has 17 nitrogen and oxygen atoms in total. The lowest BCUT2D eigenvalue weighted by Gasteiger charge is -2.21. The Morgan fingerprint density at radius 2 is 0.481 bits per heavy atom. The van der Waals surface area contributed by atoms with Crippen molar-refractivity contribution in [1.29, 1.82) is 0 Å². The fourth-order valence-corrected chi connectivity index (χ4v) is 12.8. The summed E-state index contributed by atoms with van der Waals surface area (Å²) < 4.78 is 68.6. The first-order valence-corrected chi connectivity index (χ1v) is 44.5. The van der Waals surface area contributed by atoms with Gasteiger partial charge in [-0.3, -0.25) is 37.3 Å². The van der Waals surface area contributed by atoms with Crippen molar-refractivity contribution in [3.05, 3.63) is 97.2 Å². The van der Waals surface area contributed by atoms with Crippen molar-refractivity contribution >= 4 is 39.5 Å². The first-order valence-electron chi connectivity index (χ1n) is 41.5. The second-order valence-corrected chi connectivity index (χ2v) is 30.6. The second kappa shape index (κ2) is 77.1. The molecule has 0 heterocycles. The van der Waals surface area contributed by atoms with Crippen molar-refractivity contribution in [3.63, 3.8) is 0 Å². The molecule has 5 atom stereocenters. The molecule has 0 fully saturated rings. The van der Waals surface area contributed by atoms with Gasteiger partial charge < -0.3 is 33.8 Å². The Balaban J connectivity index is 5.42. The van der Waals surface area contributed by atoms with Crippen molar-refractivity contribution in [2.75, 3.05) is 39.6 Å². The van der Waals surface area contributed by atoms with Crippen LogP contribution in [0.5, 0.6) is 0 Å². The van der Waals surface area contributed by atoms with Crippen LogP contribution in [0.2, 0.25) is 0 Å². The fraction of sp³-hybridized carbons (Fsp3) is 0.765. The van der Waals surface area contributed by atoms with Crippen LogP contribution in [0.15, 0.2) is 97.2 Å². The van der Waals surface area contributed by atoms with E-state index in [0.717, 1.165) is 96.3 Å². The van der Waals surface area contributed by atoms with Crippen molar-refractivity contribution in [2.24, 2.45) is 0 Å². The molecule has 0 spiro atoms. The molecule has 0 aromatic heterocycles. The number of carbonyl (C=O) groups excluding carboxylic acids is 4. The van der Waals surface area contributed by atoms with Gasteiger partial charge in [0.15, 0.2) is 12.2 Å². The Labute approximate surface area is 633 Å². The number of carbonyl (C=O) groups is 4. The third kappa shape index (κ3) is 76.2. The maximum Gasteiger partial charge on any atom is 0.472 e. The number of aliphatic hydroxyl groups is 1. The van der Waals surface area contributed by atoms with E-state index in [0.29, 0.717) is 38.5 Å². The zero-order valence-electron chi connectivity index (χ0n) is 65.9. The highest BCUT2D eigenvalue weighted by Crippen LogP contribution is 2.45. The lowest BCUT2D eigenvalue weighted by Crippen LogP contribution is -2.30. The molecule has 0 aliphatic carbocycles.